The maximum Gasteiger partial charge on any atom is 0.257 e. The minimum atomic E-state index is -0.711. The summed E-state index contributed by atoms with van der Waals surface area (Å²) in [5, 5.41) is 15.2. The van der Waals surface area contributed by atoms with E-state index in [4.69, 9.17) is 0 Å². The number of pyridine rings is 1. The van der Waals surface area contributed by atoms with Crippen molar-refractivity contribution in [1.29, 1.82) is 0 Å². The molecule has 1 aliphatic carbocycles. The lowest BCUT2D eigenvalue weighted by atomic mass is 9.69. The smallest absolute Gasteiger partial charge is 0.257 e. The van der Waals surface area contributed by atoms with E-state index in [9.17, 15) is 9.90 Å². The number of fused-ring (bicyclic) bond motifs is 1. The first kappa shape index (κ1) is 13.8. The first-order valence-electron chi connectivity index (χ1n) is 8.03. The van der Waals surface area contributed by atoms with E-state index in [1.165, 1.54) is 6.42 Å². The molecule has 0 unspecified atom stereocenters. The molecule has 2 aromatic heterocycles. The van der Waals surface area contributed by atoms with E-state index in [1.807, 2.05) is 24.4 Å². The Morgan fingerprint density at radius 3 is 2.95 bits per heavy atom. The van der Waals surface area contributed by atoms with Gasteiger partial charge in [0.2, 0.25) is 0 Å². The van der Waals surface area contributed by atoms with E-state index in [-0.39, 0.29) is 11.8 Å². The second-order valence-corrected chi connectivity index (χ2v) is 6.79. The summed E-state index contributed by atoms with van der Waals surface area (Å²) in [6.45, 7) is 3.12. The van der Waals surface area contributed by atoms with E-state index < -0.39 is 5.60 Å². The van der Waals surface area contributed by atoms with Crippen LogP contribution in [0.5, 0.6) is 0 Å². The fourth-order valence-corrected chi connectivity index (χ4v) is 3.88. The van der Waals surface area contributed by atoms with Gasteiger partial charge in [-0.05, 0) is 30.9 Å². The quantitative estimate of drug-likeness (QED) is 0.922. The molecule has 0 bridgehead atoms. The van der Waals surface area contributed by atoms with Crippen molar-refractivity contribution in [3.05, 3.63) is 36.2 Å². The Balaban J connectivity index is 1.61. The van der Waals surface area contributed by atoms with Crippen LogP contribution in [0.3, 0.4) is 0 Å². The lowest BCUT2D eigenvalue weighted by Crippen LogP contribution is -2.48. The van der Waals surface area contributed by atoms with E-state index in [1.54, 1.807) is 15.6 Å². The van der Waals surface area contributed by atoms with E-state index in [0.717, 1.165) is 18.4 Å². The number of amides is 1. The number of nitrogens with zero attached hydrogens (tertiary/aromatic N) is 3. The molecule has 2 fully saturated rings. The molecule has 3 heterocycles. The summed E-state index contributed by atoms with van der Waals surface area (Å²) < 4.78 is 1.71. The van der Waals surface area contributed by atoms with Gasteiger partial charge in [0.1, 0.15) is 0 Å². The van der Waals surface area contributed by atoms with Gasteiger partial charge in [-0.25, -0.2) is 4.52 Å². The number of aliphatic hydroxyl groups is 1. The number of likely N-dealkylation sites (tertiary alicyclic amines) is 1. The molecule has 116 valence electrons. The van der Waals surface area contributed by atoms with Crippen LogP contribution in [0.1, 0.15) is 36.5 Å². The number of rotatable bonds is 2. The van der Waals surface area contributed by atoms with Gasteiger partial charge in [-0.15, -0.1) is 0 Å². The van der Waals surface area contributed by atoms with Gasteiger partial charge in [-0.2, -0.15) is 5.10 Å². The van der Waals surface area contributed by atoms with Crippen molar-refractivity contribution in [3.8, 4) is 0 Å². The van der Waals surface area contributed by atoms with Crippen LogP contribution in [0.4, 0.5) is 0 Å². The van der Waals surface area contributed by atoms with Crippen molar-refractivity contribution in [2.24, 2.45) is 11.8 Å². The van der Waals surface area contributed by atoms with Crippen LogP contribution in [-0.4, -0.2) is 44.2 Å². The molecule has 1 aliphatic heterocycles. The van der Waals surface area contributed by atoms with Crippen LogP contribution in [-0.2, 0) is 0 Å². The summed E-state index contributed by atoms with van der Waals surface area (Å²) in [5.74, 6) is 0.455. The van der Waals surface area contributed by atoms with Gasteiger partial charge in [-0.3, -0.25) is 4.79 Å². The van der Waals surface area contributed by atoms with E-state index in [0.29, 0.717) is 24.6 Å². The Bertz CT molecular complexity index is 722. The largest absolute Gasteiger partial charge is 0.387 e. The molecule has 0 aromatic carbocycles. The number of hydrogen-bond acceptors (Lipinski definition) is 3. The Kier molecular flexibility index (Phi) is 3.01. The van der Waals surface area contributed by atoms with E-state index in [2.05, 4.69) is 12.0 Å². The minimum absolute atomic E-state index is 0.0247. The Morgan fingerprint density at radius 1 is 1.41 bits per heavy atom. The zero-order valence-corrected chi connectivity index (χ0v) is 12.8. The molecule has 1 saturated carbocycles. The molecule has 5 nitrogen and oxygen atoms in total. The number of hydrogen-bond donors (Lipinski definition) is 1. The predicted molar refractivity (Wildman–Crippen MR) is 82.6 cm³/mol. The molecule has 0 spiro atoms. The summed E-state index contributed by atoms with van der Waals surface area (Å²) in [4.78, 5) is 14.6. The number of β-amino-alcohol motifs (C(OH)–C–C–N with tert-alkyl or cyclic N) is 1. The van der Waals surface area contributed by atoms with Crippen molar-refractivity contribution in [2.75, 3.05) is 13.1 Å². The second-order valence-electron chi connectivity index (χ2n) is 6.79. The van der Waals surface area contributed by atoms with Gasteiger partial charge in [0.15, 0.2) is 0 Å². The maximum atomic E-state index is 12.8. The van der Waals surface area contributed by atoms with Crippen molar-refractivity contribution in [1.82, 2.24) is 14.5 Å². The minimum Gasteiger partial charge on any atom is -0.387 e. The highest BCUT2D eigenvalue weighted by atomic mass is 16.3. The Hall–Kier alpha value is -1.88. The molecule has 1 amide bonds. The Labute approximate surface area is 129 Å². The van der Waals surface area contributed by atoms with Crippen LogP contribution in [0, 0.1) is 11.8 Å². The van der Waals surface area contributed by atoms with Crippen LogP contribution in [0.15, 0.2) is 30.6 Å². The highest BCUT2D eigenvalue weighted by Crippen LogP contribution is 2.44. The first-order chi connectivity index (χ1) is 10.6. The number of carbonyl (C=O) groups is 1. The van der Waals surface area contributed by atoms with Crippen molar-refractivity contribution < 1.29 is 9.90 Å². The SMILES string of the molecule is C[C@@H]1CN(C(=O)c2cnn3ccccc23)C[C@@]1(O)C1CCC1. The second kappa shape index (κ2) is 4.81. The normalized spacial score (nSPS) is 29.0. The number of aromatic nitrogens is 2. The van der Waals surface area contributed by atoms with Crippen molar-refractivity contribution in [2.45, 2.75) is 31.8 Å². The van der Waals surface area contributed by atoms with Gasteiger partial charge in [0.25, 0.3) is 5.91 Å². The van der Waals surface area contributed by atoms with Crippen molar-refractivity contribution >= 4 is 11.4 Å². The van der Waals surface area contributed by atoms with Crippen LogP contribution < -0.4 is 0 Å². The molecule has 2 aliphatic rings. The molecular weight excluding hydrogens is 278 g/mol. The third-order valence-corrected chi connectivity index (χ3v) is 5.55. The van der Waals surface area contributed by atoms with Crippen LogP contribution >= 0.6 is 0 Å². The fourth-order valence-electron chi connectivity index (χ4n) is 3.88. The summed E-state index contributed by atoms with van der Waals surface area (Å²) >= 11 is 0. The van der Waals surface area contributed by atoms with Crippen LogP contribution in [0.2, 0.25) is 0 Å². The van der Waals surface area contributed by atoms with Gasteiger partial charge >= 0.3 is 0 Å². The molecule has 0 radical (unpaired) electrons. The lowest BCUT2D eigenvalue weighted by molar-refractivity contribution is -0.0660. The zero-order valence-electron chi connectivity index (χ0n) is 12.8. The lowest BCUT2D eigenvalue weighted by Gasteiger charge is -2.41. The first-order valence-corrected chi connectivity index (χ1v) is 8.03. The highest BCUT2D eigenvalue weighted by molar-refractivity contribution is 6.00. The summed E-state index contributed by atoms with van der Waals surface area (Å²) in [6.07, 6.45) is 6.83. The zero-order chi connectivity index (χ0) is 15.3. The molecule has 2 atom stereocenters. The molecule has 2 aromatic rings. The third-order valence-electron chi connectivity index (χ3n) is 5.55. The van der Waals surface area contributed by atoms with Crippen molar-refractivity contribution in [3.63, 3.8) is 0 Å². The molecule has 1 saturated heterocycles. The molecule has 4 rings (SSSR count). The summed E-state index contributed by atoms with van der Waals surface area (Å²) in [7, 11) is 0. The monoisotopic (exact) mass is 299 g/mol. The van der Waals surface area contributed by atoms with Gasteiger partial charge < -0.3 is 10.0 Å². The summed E-state index contributed by atoms with van der Waals surface area (Å²) in [6, 6.07) is 5.70. The fraction of sp³-hybridized carbons (Fsp3) is 0.529. The molecule has 1 N–H and O–H groups in total. The highest BCUT2D eigenvalue weighted by Gasteiger charge is 2.51. The molecular formula is C17H21N3O2. The third kappa shape index (κ3) is 1.88. The van der Waals surface area contributed by atoms with Gasteiger partial charge in [-0.1, -0.05) is 19.4 Å². The van der Waals surface area contributed by atoms with Gasteiger partial charge in [0.05, 0.1) is 29.4 Å². The maximum absolute atomic E-state index is 12.8. The summed E-state index contributed by atoms with van der Waals surface area (Å²) in [5.41, 5.74) is 0.724. The van der Waals surface area contributed by atoms with E-state index >= 15 is 0 Å². The predicted octanol–water partition coefficient (Wildman–Crippen LogP) is 1.96. The standard InChI is InChI=1S/C17H21N3O2/c1-12-10-19(11-17(12,22)13-5-4-6-13)16(21)14-9-18-20-8-3-2-7-15(14)20/h2-3,7-9,12-13,22H,4-6,10-11H2,1H3/t12-,17+/m1/s1. The average molecular weight is 299 g/mol. The molecule has 22 heavy (non-hydrogen) atoms. The topological polar surface area (TPSA) is 57.8 Å². The van der Waals surface area contributed by atoms with Crippen LogP contribution in [0.25, 0.3) is 5.52 Å². The molecule has 5 heteroatoms. The number of carbonyl (C=O) groups excluding carboxylic acids is 1. The average Bonchev–Trinajstić information content (AvgIpc) is 2.99. The Morgan fingerprint density at radius 2 is 2.23 bits per heavy atom. The van der Waals surface area contributed by atoms with Gasteiger partial charge in [0, 0.05) is 18.7 Å².